The van der Waals surface area contributed by atoms with Crippen LogP contribution in [0.1, 0.15) is 38.5 Å². The van der Waals surface area contributed by atoms with Crippen molar-refractivity contribution < 1.29 is 20.3 Å². The molecule has 1 aliphatic rings. The molecule has 4 nitrogen and oxygen atoms in total. The molecule has 0 saturated heterocycles. The summed E-state index contributed by atoms with van der Waals surface area (Å²) < 4.78 is 0. The molecule has 1 fully saturated rings. The predicted octanol–water partition coefficient (Wildman–Crippen LogP) is 2.02. The Labute approximate surface area is 65.6 Å². The van der Waals surface area contributed by atoms with Crippen molar-refractivity contribution in [2.75, 3.05) is 0 Å². The lowest BCUT2D eigenvalue weighted by molar-refractivity contribution is -0.489. The Bertz CT molecular complexity index is 101. The fourth-order valence-electron chi connectivity index (χ4n) is 1.47. The highest BCUT2D eigenvalue weighted by Crippen LogP contribution is 2.29. The van der Waals surface area contributed by atoms with E-state index in [0.29, 0.717) is 12.8 Å². The third-order valence-electron chi connectivity index (χ3n) is 2.20. The lowest BCUT2D eigenvalue weighted by Crippen LogP contribution is -2.33. The molecule has 4 heteroatoms. The number of hydrogen-bond donors (Lipinski definition) is 2. The summed E-state index contributed by atoms with van der Waals surface area (Å²) in [5, 5.41) is 17.0. The molecule has 66 valence electrons. The fourth-order valence-corrected chi connectivity index (χ4v) is 1.47. The quantitative estimate of drug-likeness (QED) is 0.282. The molecule has 0 aromatic heterocycles. The van der Waals surface area contributed by atoms with Crippen LogP contribution in [-0.4, -0.2) is 16.3 Å². The molecule has 0 heterocycles. The van der Waals surface area contributed by atoms with Crippen LogP contribution in [0.3, 0.4) is 0 Å². The molecule has 0 amide bonds. The van der Waals surface area contributed by atoms with Crippen LogP contribution < -0.4 is 0 Å². The van der Waals surface area contributed by atoms with Crippen LogP contribution in [0, 0.1) is 0 Å². The van der Waals surface area contributed by atoms with Crippen molar-refractivity contribution in [1.82, 2.24) is 0 Å². The Kier molecular flexibility index (Phi) is 3.26. The Morgan fingerprint density at radius 2 is 1.27 bits per heavy atom. The van der Waals surface area contributed by atoms with E-state index >= 15 is 0 Å². The van der Waals surface area contributed by atoms with Gasteiger partial charge in [-0.2, -0.15) is 0 Å². The molecule has 0 aliphatic heterocycles. The molecule has 0 bridgehead atoms. The van der Waals surface area contributed by atoms with Crippen LogP contribution in [0.25, 0.3) is 0 Å². The largest absolute Gasteiger partial charge is 0.249 e. The van der Waals surface area contributed by atoms with Crippen molar-refractivity contribution in [2.45, 2.75) is 44.3 Å². The summed E-state index contributed by atoms with van der Waals surface area (Å²) in [6.45, 7) is 0. The molecule has 11 heavy (non-hydrogen) atoms. The van der Waals surface area contributed by atoms with Gasteiger partial charge in [-0.15, -0.1) is 0 Å². The summed E-state index contributed by atoms with van der Waals surface area (Å²) in [7, 11) is 0. The van der Waals surface area contributed by atoms with Gasteiger partial charge in [0.25, 0.3) is 0 Å². The van der Waals surface area contributed by atoms with Gasteiger partial charge in [0.2, 0.25) is 5.79 Å². The van der Waals surface area contributed by atoms with E-state index in [1.807, 2.05) is 0 Å². The zero-order valence-electron chi connectivity index (χ0n) is 6.45. The maximum atomic E-state index is 8.48. The van der Waals surface area contributed by atoms with E-state index in [1.54, 1.807) is 0 Å². The van der Waals surface area contributed by atoms with Gasteiger partial charge in [-0.25, -0.2) is 20.3 Å². The van der Waals surface area contributed by atoms with E-state index in [-0.39, 0.29) is 0 Å². The Hall–Kier alpha value is -0.160. The lowest BCUT2D eigenvalue weighted by Gasteiger charge is -2.24. The maximum absolute atomic E-state index is 8.48. The van der Waals surface area contributed by atoms with Crippen LogP contribution in [0.5, 0.6) is 0 Å². The molecule has 0 unspecified atom stereocenters. The Morgan fingerprint density at radius 1 is 0.818 bits per heavy atom. The average Bonchev–Trinajstić information content (AvgIpc) is 2.30. The zero-order chi connectivity index (χ0) is 8.16. The molecular formula is C7H14O4. The second kappa shape index (κ2) is 4.01. The normalized spacial score (nSPS) is 24.5. The van der Waals surface area contributed by atoms with Crippen molar-refractivity contribution in [2.24, 2.45) is 0 Å². The minimum absolute atomic E-state index is 0.556. The SMILES string of the molecule is OOC1(OO)CCCCCC1. The minimum atomic E-state index is -1.14. The first kappa shape index (κ1) is 8.93. The highest BCUT2D eigenvalue weighted by Gasteiger charge is 2.34. The smallest absolute Gasteiger partial charge is 0.233 e. The van der Waals surface area contributed by atoms with Gasteiger partial charge >= 0.3 is 0 Å². The molecule has 0 atom stereocenters. The molecule has 0 aromatic rings. The van der Waals surface area contributed by atoms with Crippen molar-refractivity contribution in [3.8, 4) is 0 Å². The summed E-state index contributed by atoms with van der Waals surface area (Å²) in [6, 6.07) is 0. The summed E-state index contributed by atoms with van der Waals surface area (Å²) in [6.07, 6.45) is 5.16. The summed E-state index contributed by atoms with van der Waals surface area (Å²) in [4.78, 5) is 8.27. The van der Waals surface area contributed by atoms with E-state index < -0.39 is 5.79 Å². The van der Waals surface area contributed by atoms with Crippen LogP contribution >= 0.6 is 0 Å². The molecule has 2 N–H and O–H groups in total. The molecule has 1 saturated carbocycles. The van der Waals surface area contributed by atoms with Crippen molar-refractivity contribution in [3.63, 3.8) is 0 Å². The first-order valence-corrected chi connectivity index (χ1v) is 3.98. The van der Waals surface area contributed by atoms with Gasteiger partial charge in [-0.05, 0) is 12.8 Å². The summed E-state index contributed by atoms with van der Waals surface area (Å²) in [5.41, 5.74) is 0. The van der Waals surface area contributed by atoms with Gasteiger partial charge in [-0.3, -0.25) is 0 Å². The third-order valence-corrected chi connectivity index (χ3v) is 2.20. The van der Waals surface area contributed by atoms with E-state index in [4.69, 9.17) is 10.5 Å². The molecule has 1 rings (SSSR count). The van der Waals surface area contributed by atoms with E-state index in [1.165, 1.54) is 0 Å². The number of hydrogen-bond acceptors (Lipinski definition) is 4. The second-order valence-electron chi connectivity index (χ2n) is 3.01. The van der Waals surface area contributed by atoms with Crippen molar-refractivity contribution >= 4 is 0 Å². The van der Waals surface area contributed by atoms with Gasteiger partial charge in [0.1, 0.15) is 0 Å². The van der Waals surface area contributed by atoms with Crippen LogP contribution in [0.4, 0.5) is 0 Å². The van der Waals surface area contributed by atoms with Crippen LogP contribution in [0.15, 0.2) is 0 Å². The second-order valence-corrected chi connectivity index (χ2v) is 3.01. The number of rotatable bonds is 2. The van der Waals surface area contributed by atoms with Gasteiger partial charge < -0.3 is 0 Å². The van der Waals surface area contributed by atoms with Gasteiger partial charge in [0, 0.05) is 12.8 Å². The van der Waals surface area contributed by atoms with Crippen LogP contribution in [0.2, 0.25) is 0 Å². The lowest BCUT2D eigenvalue weighted by atomic mass is 10.1. The first-order chi connectivity index (χ1) is 5.33. The van der Waals surface area contributed by atoms with E-state index in [0.717, 1.165) is 25.7 Å². The molecule has 1 aliphatic carbocycles. The Balaban J connectivity index is 2.49. The summed E-state index contributed by atoms with van der Waals surface area (Å²) in [5.74, 6) is -1.14. The first-order valence-electron chi connectivity index (χ1n) is 3.98. The topological polar surface area (TPSA) is 58.9 Å². The fraction of sp³-hybridized carbons (Fsp3) is 1.00. The predicted molar refractivity (Wildman–Crippen MR) is 37.9 cm³/mol. The highest BCUT2D eigenvalue weighted by molar-refractivity contribution is 4.70. The molecule has 0 radical (unpaired) electrons. The molecule has 0 spiro atoms. The van der Waals surface area contributed by atoms with Gasteiger partial charge in [-0.1, -0.05) is 12.8 Å². The standard InChI is InChI=1S/C7H14O4/c8-10-7(11-9)5-3-1-2-4-6-7/h8-9H,1-6H2. The summed E-state index contributed by atoms with van der Waals surface area (Å²) >= 11 is 0. The highest BCUT2D eigenvalue weighted by atomic mass is 17.2. The van der Waals surface area contributed by atoms with Gasteiger partial charge in [0.15, 0.2) is 0 Å². The average molecular weight is 162 g/mol. The van der Waals surface area contributed by atoms with Crippen LogP contribution in [-0.2, 0) is 9.78 Å². The third kappa shape index (κ3) is 2.13. The molecule has 0 aromatic carbocycles. The van der Waals surface area contributed by atoms with Crippen molar-refractivity contribution in [1.29, 1.82) is 0 Å². The maximum Gasteiger partial charge on any atom is 0.233 e. The Morgan fingerprint density at radius 3 is 1.64 bits per heavy atom. The zero-order valence-corrected chi connectivity index (χ0v) is 6.45. The molecular weight excluding hydrogens is 148 g/mol. The van der Waals surface area contributed by atoms with E-state index in [9.17, 15) is 0 Å². The van der Waals surface area contributed by atoms with E-state index in [2.05, 4.69) is 9.78 Å². The monoisotopic (exact) mass is 162 g/mol. The van der Waals surface area contributed by atoms with Gasteiger partial charge in [0.05, 0.1) is 0 Å². The van der Waals surface area contributed by atoms with Crippen molar-refractivity contribution in [3.05, 3.63) is 0 Å². The minimum Gasteiger partial charge on any atom is -0.249 e.